The fraction of sp³-hybridized carbons (Fsp3) is 0.760. The van der Waals surface area contributed by atoms with Crippen LogP contribution in [0.4, 0.5) is 0 Å². The molecule has 1 unspecified atom stereocenters. The Hall–Kier alpha value is -3.08. The highest BCUT2D eigenvalue weighted by atomic mass is 31.2. The van der Waals surface area contributed by atoms with Gasteiger partial charge in [0.05, 0.1) is 19.8 Å². The molecule has 5 N–H and O–H groups in total. The van der Waals surface area contributed by atoms with Gasteiger partial charge in [0.1, 0.15) is 24.3 Å². The summed E-state index contributed by atoms with van der Waals surface area (Å²) >= 11 is 0. The van der Waals surface area contributed by atoms with Crippen LogP contribution in [0, 0.1) is 10.8 Å². The average Bonchev–Trinajstić information content (AvgIpc) is 3.14. The van der Waals surface area contributed by atoms with Gasteiger partial charge in [0.2, 0.25) is 5.72 Å². The van der Waals surface area contributed by atoms with Gasteiger partial charge >= 0.3 is 25.3 Å². The van der Waals surface area contributed by atoms with Gasteiger partial charge in [-0.3, -0.25) is 28.5 Å². The van der Waals surface area contributed by atoms with Crippen LogP contribution in [0.5, 0.6) is 0 Å². The number of hydrogen-bond acceptors (Lipinski definition) is 12. The highest BCUT2D eigenvalue weighted by Gasteiger charge is 2.56. The SMILES string of the molecule is C[C@H](NP(=O)(N[C@@H](C)C(=O)OCC(C)(C)C)OCC1(N=[N+]=[N-])O[C@@H](n2ccc(=O)[nH]c2=O)[C@H](O)[C@@H]1O)C(=O)OCC(C)(C)C. The molecule has 0 radical (unpaired) electrons. The Morgan fingerprint density at radius 2 is 1.61 bits per heavy atom. The van der Waals surface area contributed by atoms with Crippen LogP contribution in [-0.4, -0.2) is 81.5 Å². The van der Waals surface area contributed by atoms with Crippen molar-refractivity contribution >= 4 is 19.6 Å². The van der Waals surface area contributed by atoms with Gasteiger partial charge in [-0.2, -0.15) is 0 Å². The van der Waals surface area contributed by atoms with Crippen LogP contribution in [-0.2, 0) is 32.9 Å². The number of nitrogens with one attached hydrogen (secondary N) is 3. The van der Waals surface area contributed by atoms with Crippen molar-refractivity contribution in [2.75, 3.05) is 19.8 Å². The second-order valence-corrected chi connectivity index (χ2v) is 14.7. The molecular weight excluding hydrogens is 605 g/mol. The summed E-state index contributed by atoms with van der Waals surface area (Å²) in [5.74, 6) is -1.60. The van der Waals surface area contributed by atoms with Gasteiger partial charge in [-0.15, -0.1) is 0 Å². The zero-order valence-electron chi connectivity index (χ0n) is 26.0. The number of aromatic amines is 1. The van der Waals surface area contributed by atoms with E-state index < -0.39 is 73.7 Å². The first kappa shape index (κ1) is 37.1. The van der Waals surface area contributed by atoms with Gasteiger partial charge in [-0.1, -0.05) is 46.7 Å². The Morgan fingerprint density at radius 1 is 1.11 bits per heavy atom. The molecule has 18 nitrogen and oxygen atoms in total. The Morgan fingerprint density at radius 3 is 2.05 bits per heavy atom. The third-order valence-corrected chi connectivity index (χ3v) is 7.87. The summed E-state index contributed by atoms with van der Waals surface area (Å²) in [4.78, 5) is 53.7. The zero-order chi connectivity index (χ0) is 33.7. The van der Waals surface area contributed by atoms with E-state index in [1.165, 1.54) is 13.8 Å². The van der Waals surface area contributed by atoms with Crippen LogP contribution in [0.2, 0.25) is 0 Å². The largest absolute Gasteiger partial charge is 0.464 e. The number of aliphatic hydroxyl groups is 2. The van der Waals surface area contributed by atoms with Crippen molar-refractivity contribution in [3.63, 3.8) is 0 Å². The van der Waals surface area contributed by atoms with Crippen LogP contribution in [0.15, 0.2) is 27.0 Å². The van der Waals surface area contributed by atoms with E-state index in [2.05, 4.69) is 20.2 Å². The molecule has 1 aliphatic heterocycles. The molecule has 6 atom stereocenters. The lowest BCUT2D eigenvalue weighted by molar-refractivity contribution is -0.148. The number of rotatable bonds is 13. The summed E-state index contributed by atoms with van der Waals surface area (Å²) in [6.07, 6.45) is -4.63. The van der Waals surface area contributed by atoms with E-state index in [4.69, 9.17) is 18.7 Å². The molecule has 44 heavy (non-hydrogen) atoms. The normalized spacial score (nSPS) is 23.8. The number of carbonyl (C=O) groups excluding carboxylic acids is 2. The number of hydrogen-bond donors (Lipinski definition) is 5. The summed E-state index contributed by atoms with van der Waals surface area (Å²) in [5.41, 5.74) is 4.28. The Labute approximate surface area is 253 Å². The van der Waals surface area contributed by atoms with Crippen LogP contribution >= 0.6 is 7.67 Å². The number of esters is 2. The number of aliphatic hydroxyl groups excluding tert-OH is 2. The van der Waals surface area contributed by atoms with Crippen molar-refractivity contribution in [2.24, 2.45) is 15.9 Å². The summed E-state index contributed by atoms with van der Waals surface area (Å²) in [5, 5.41) is 29.9. The maximum atomic E-state index is 14.1. The zero-order valence-corrected chi connectivity index (χ0v) is 26.9. The van der Waals surface area contributed by atoms with Crippen molar-refractivity contribution < 1.29 is 43.1 Å². The minimum atomic E-state index is -4.51. The Balaban J connectivity index is 2.38. The van der Waals surface area contributed by atoms with Crippen molar-refractivity contribution in [3.05, 3.63) is 43.5 Å². The topological polar surface area (TPSA) is 256 Å². The Kier molecular flexibility index (Phi) is 12.1. The maximum Gasteiger partial charge on any atom is 0.342 e. The third-order valence-electron chi connectivity index (χ3n) is 5.92. The van der Waals surface area contributed by atoms with Crippen LogP contribution < -0.4 is 21.4 Å². The van der Waals surface area contributed by atoms with E-state index in [0.717, 1.165) is 16.8 Å². The molecule has 0 bridgehead atoms. The molecule has 2 heterocycles. The van der Waals surface area contributed by atoms with E-state index >= 15 is 0 Å². The fourth-order valence-corrected chi connectivity index (χ4v) is 5.48. The first-order valence-electron chi connectivity index (χ1n) is 13.7. The van der Waals surface area contributed by atoms with E-state index in [-0.39, 0.29) is 24.0 Å². The summed E-state index contributed by atoms with van der Waals surface area (Å²) in [6, 6.07) is -1.58. The van der Waals surface area contributed by atoms with E-state index in [0.29, 0.717) is 0 Å². The summed E-state index contributed by atoms with van der Waals surface area (Å²) in [7, 11) is -4.51. The van der Waals surface area contributed by atoms with Crippen molar-refractivity contribution in [1.29, 1.82) is 0 Å². The summed E-state index contributed by atoms with van der Waals surface area (Å²) in [6.45, 7) is 12.7. The predicted molar refractivity (Wildman–Crippen MR) is 155 cm³/mol. The van der Waals surface area contributed by atoms with Gasteiger partial charge in [0, 0.05) is 17.2 Å². The van der Waals surface area contributed by atoms with Gasteiger partial charge in [0.25, 0.3) is 5.56 Å². The lowest BCUT2D eigenvalue weighted by Gasteiger charge is -2.31. The summed E-state index contributed by atoms with van der Waals surface area (Å²) < 4.78 is 36.5. The molecule has 1 aromatic heterocycles. The molecule has 1 aliphatic rings. The molecule has 0 aliphatic carbocycles. The van der Waals surface area contributed by atoms with Crippen molar-refractivity contribution in [2.45, 2.75) is 91.6 Å². The van der Waals surface area contributed by atoms with E-state index in [1.54, 1.807) is 0 Å². The number of azide groups is 1. The maximum absolute atomic E-state index is 14.1. The highest BCUT2D eigenvalue weighted by Crippen LogP contribution is 2.45. The minimum absolute atomic E-state index is 0.0371. The first-order valence-corrected chi connectivity index (χ1v) is 15.3. The molecule has 248 valence electrons. The average molecular weight is 648 g/mol. The lowest BCUT2D eigenvalue weighted by atomic mass is 9.99. The fourth-order valence-electron chi connectivity index (χ4n) is 3.66. The monoisotopic (exact) mass is 647 g/mol. The molecule has 19 heteroatoms. The van der Waals surface area contributed by atoms with Crippen LogP contribution in [0.1, 0.15) is 61.6 Å². The quantitative estimate of drug-likeness (QED) is 0.0660. The molecule has 0 amide bonds. The molecular formula is C25H42N7O11P. The lowest BCUT2D eigenvalue weighted by Crippen LogP contribution is -2.47. The molecule has 1 aromatic rings. The number of ether oxygens (including phenoxy) is 3. The molecule has 2 rings (SSSR count). The number of carbonyl (C=O) groups is 2. The van der Waals surface area contributed by atoms with Gasteiger partial charge in [0.15, 0.2) is 6.23 Å². The van der Waals surface area contributed by atoms with Gasteiger partial charge in [-0.25, -0.2) is 15.0 Å². The number of nitrogens with zero attached hydrogens (tertiary/aromatic N) is 4. The Bertz CT molecular complexity index is 1350. The van der Waals surface area contributed by atoms with E-state index in [9.17, 15) is 39.5 Å². The molecule has 0 spiro atoms. The number of H-pyrrole nitrogens is 1. The van der Waals surface area contributed by atoms with Crippen LogP contribution in [0.25, 0.3) is 10.4 Å². The van der Waals surface area contributed by atoms with Gasteiger partial charge in [-0.05, 0) is 30.2 Å². The van der Waals surface area contributed by atoms with Gasteiger partial charge < -0.3 is 28.9 Å². The molecule has 1 saturated heterocycles. The standard InChI is InChI=1S/C25H42N7O11P/c1-14(20(36)40-11-23(3,4)5)28-44(39,29-15(2)21(37)41-12-24(6,7)8)42-13-25(30-31-26)18(35)17(34)19(43-25)32-10-9-16(33)27-22(32)38/h9-10,14-15,17-19,34-35H,11-13H2,1-8H3,(H,27,33,38)(H2,28,29,39)/t14-,15-,17+,18-,19+,25?/m0/s1. The highest BCUT2D eigenvalue weighted by molar-refractivity contribution is 7.54. The smallest absolute Gasteiger partial charge is 0.342 e. The predicted octanol–water partition coefficient (Wildman–Crippen LogP) is 1.05. The third kappa shape index (κ3) is 10.2. The van der Waals surface area contributed by atoms with Crippen molar-refractivity contribution in [3.8, 4) is 0 Å². The second-order valence-electron chi connectivity index (χ2n) is 12.9. The van der Waals surface area contributed by atoms with Crippen molar-refractivity contribution in [1.82, 2.24) is 19.7 Å². The number of aromatic nitrogens is 2. The molecule has 0 saturated carbocycles. The molecule has 1 fully saturated rings. The minimum Gasteiger partial charge on any atom is -0.464 e. The van der Waals surface area contributed by atoms with E-state index in [1.807, 2.05) is 46.5 Å². The first-order chi connectivity index (χ1) is 20.1. The molecule has 0 aromatic carbocycles. The van der Waals surface area contributed by atoms with Crippen LogP contribution in [0.3, 0.4) is 0 Å². The second kappa shape index (κ2) is 14.3.